The van der Waals surface area contributed by atoms with Crippen molar-refractivity contribution in [1.82, 2.24) is 9.55 Å². The third-order valence-corrected chi connectivity index (χ3v) is 3.47. The van der Waals surface area contributed by atoms with Gasteiger partial charge in [0, 0.05) is 32.4 Å². The molecule has 19 heavy (non-hydrogen) atoms. The summed E-state index contributed by atoms with van der Waals surface area (Å²) >= 11 is 0. The first-order chi connectivity index (χ1) is 9.33. The minimum atomic E-state index is -0.0102. The zero-order valence-corrected chi connectivity index (χ0v) is 11.5. The molecule has 1 fully saturated rings. The smallest absolute Gasteiger partial charge is 0.0949 e. The van der Waals surface area contributed by atoms with E-state index in [0.29, 0.717) is 25.7 Å². The fourth-order valence-corrected chi connectivity index (χ4v) is 2.28. The molecule has 1 aliphatic rings. The zero-order valence-electron chi connectivity index (χ0n) is 11.5. The van der Waals surface area contributed by atoms with Crippen LogP contribution in [0.3, 0.4) is 0 Å². The van der Waals surface area contributed by atoms with Crippen LogP contribution >= 0.6 is 0 Å². The standard InChI is InChI=1S/C13H23N3O3/c1-17-6-7-18-5-3-16-10-15-8-12(16)13(14)11-2-4-19-9-11/h8,10-11,13H,2-7,9,14H2,1H3. The molecule has 0 spiro atoms. The second-order valence-electron chi connectivity index (χ2n) is 4.77. The Hall–Kier alpha value is -0.950. The van der Waals surface area contributed by atoms with E-state index in [-0.39, 0.29) is 6.04 Å². The van der Waals surface area contributed by atoms with E-state index in [1.165, 1.54) is 0 Å². The summed E-state index contributed by atoms with van der Waals surface area (Å²) in [7, 11) is 1.67. The van der Waals surface area contributed by atoms with Gasteiger partial charge in [-0.3, -0.25) is 0 Å². The van der Waals surface area contributed by atoms with Crippen LogP contribution in [0, 0.1) is 5.92 Å². The Bertz CT molecular complexity index is 364. The summed E-state index contributed by atoms with van der Waals surface area (Å²) in [5.41, 5.74) is 7.36. The molecular formula is C13H23N3O3. The highest BCUT2D eigenvalue weighted by Gasteiger charge is 2.26. The molecule has 1 aromatic heterocycles. The number of rotatable bonds is 8. The van der Waals surface area contributed by atoms with Gasteiger partial charge >= 0.3 is 0 Å². The maximum absolute atomic E-state index is 6.30. The molecule has 2 heterocycles. The molecule has 2 atom stereocenters. The number of hydrogen-bond donors (Lipinski definition) is 1. The molecule has 0 saturated carbocycles. The van der Waals surface area contributed by atoms with Crippen molar-refractivity contribution in [3.05, 3.63) is 18.2 Å². The van der Waals surface area contributed by atoms with Gasteiger partial charge in [-0.2, -0.15) is 0 Å². The summed E-state index contributed by atoms with van der Waals surface area (Å²) in [6.45, 7) is 4.20. The minimum Gasteiger partial charge on any atom is -0.382 e. The fourth-order valence-electron chi connectivity index (χ4n) is 2.28. The lowest BCUT2D eigenvalue weighted by Crippen LogP contribution is -2.25. The summed E-state index contributed by atoms with van der Waals surface area (Å²) in [4.78, 5) is 4.19. The van der Waals surface area contributed by atoms with E-state index in [1.54, 1.807) is 7.11 Å². The van der Waals surface area contributed by atoms with E-state index in [9.17, 15) is 0 Å². The van der Waals surface area contributed by atoms with Crippen LogP contribution in [-0.4, -0.2) is 49.7 Å². The number of hydrogen-bond acceptors (Lipinski definition) is 5. The summed E-state index contributed by atoms with van der Waals surface area (Å²) in [5.74, 6) is 0.393. The third-order valence-electron chi connectivity index (χ3n) is 3.47. The number of nitrogens with two attached hydrogens (primary N) is 1. The minimum absolute atomic E-state index is 0.0102. The van der Waals surface area contributed by atoms with Gasteiger partial charge in [-0.15, -0.1) is 0 Å². The molecule has 108 valence electrons. The third kappa shape index (κ3) is 4.01. The van der Waals surface area contributed by atoms with E-state index in [2.05, 4.69) is 9.55 Å². The Balaban J connectivity index is 1.82. The molecule has 0 bridgehead atoms. The van der Waals surface area contributed by atoms with Crippen molar-refractivity contribution < 1.29 is 14.2 Å². The largest absolute Gasteiger partial charge is 0.382 e. The molecule has 2 unspecified atom stereocenters. The molecule has 6 heteroatoms. The highest BCUT2D eigenvalue weighted by Crippen LogP contribution is 2.26. The molecular weight excluding hydrogens is 246 g/mol. The van der Waals surface area contributed by atoms with Crippen LogP contribution < -0.4 is 5.73 Å². The van der Waals surface area contributed by atoms with Crippen molar-refractivity contribution in [3.63, 3.8) is 0 Å². The van der Waals surface area contributed by atoms with E-state index in [4.69, 9.17) is 19.9 Å². The number of nitrogens with zero attached hydrogens (tertiary/aromatic N) is 2. The second kappa shape index (κ2) is 7.59. The van der Waals surface area contributed by atoms with Crippen LogP contribution in [0.2, 0.25) is 0 Å². The van der Waals surface area contributed by atoms with Crippen LogP contribution in [-0.2, 0) is 20.8 Å². The lowest BCUT2D eigenvalue weighted by atomic mass is 9.97. The molecule has 6 nitrogen and oxygen atoms in total. The van der Waals surface area contributed by atoms with Crippen LogP contribution in [0.25, 0.3) is 0 Å². The van der Waals surface area contributed by atoms with Crippen LogP contribution in [0.4, 0.5) is 0 Å². The maximum atomic E-state index is 6.30. The summed E-state index contributed by atoms with van der Waals surface area (Å²) in [6, 6.07) is -0.0102. The van der Waals surface area contributed by atoms with Crippen LogP contribution in [0.5, 0.6) is 0 Å². The van der Waals surface area contributed by atoms with Gasteiger partial charge in [0.1, 0.15) is 0 Å². The number of methoxy groups -OCH3 is 1. The zero-order chi connectivity index (χ0) is 13.5. The predicted molar refractivity (Wildman–Crippen MR) is 70.8 cm³/mol. The molecule has 2 rings (SSSR count). The topological polar surface area (TPSA) is 71.5 Å². The Kier molecular flexibility index (Phi) is 5.78. The lowest BCUT2D eigenvalue weighted by Gasteiger charge is -2.19. The Morgan fingerprint density at radius 2 is 2.42 bits per heavy atom. The second-order valence-corrected chi connectivity index (χ2v) is 4.77. The molecule has 0 amide bonds. The average Bonchev–Trinajstić information content (AvgIpc) is 3.09. The van der Waals surface area contributed by atoms with Crippen LogP contribution in [0.15, 0.2) is 12.5 Å². The first-order valence-electron chi connectivity index (χ1n) is 6.73. The number of imidazole rings is 1. The van der Waals surface area contributed by atoms with Crippen molar-refractivity contribution in [1.29, 1.82) is 0 Å². The van der Waals surface area contributed by atoms with Gasteiger partial charge in [0.05, 0.1) is 44.5 Å². The van der Waals surface area contributed by atoms with Gasteiger partial charge in [-0.25, -0.2) is 4.98 Å². The first kappa shape index (κ1) is 14.5. The summed E-state index contributed by atoms with van der Waals surface area (Å²) < 4.78 is 17.9. The van der Waals surface area contributed by atoms with Gasteiger partial charge in [0.15, 0.2) is 0 Å². The maximum Gasteiger partial charge on any atom is 0.0949 e. The van der Waals surface area contributed by atoms with Crippen molar-refractivity contribution in [2.75, 3.05) is 40.1 Å². The van der Waals surface area contributed by atoms with E-state index < -0.39 is 0 Å². The Morgan fingerprint density at radius 1 is 1.53 bits per heavy atom. The molecule has 0 aromatic carbocycles. The molecule has 1 aromatic rings. The monoisotopic (exact) mass is 269 g/mol. The highest BCUT2D eigenvalue weighted by atomic mass is 16.5. The van der Waals surface area contributed by atoms with Crippen LogP contribution in [0.1, 0.15) is 18.2 Å². The molecule has 1 aliphatic heterocycles. The number of aromatic nitrogens is 2. The summed E-state index contributed by atoms with van der Waals surface area (Å²) in [6.07, 6.45) is 4.68. The van der Waals surface area contributed by atoms with Crippen molar-refractivity contribution in [3.8, 4) is 0 Å². The lowest BCUT2D eigenvalue weighted by molar-refractivity contribution is 0.0661. The molecule has 1 saturated heterocycles. The highest BCUT2D eigenvalue weighted by molar-refractivity contribution is 5.07. The van der Waals surface area contributed by atoms with Crippen molar-refractivity contribution >= 4 is 0 Å². The first-order valence-corrected chi connectivity index (χ1v) is 6.73. The predicted octanol–water partition coefficient (Wildman–Crippen LogP) is 0.582. The molecule has 2 N–H and O–H groups in total. The SMILES string of the molecule is COCCOCCn1cncc1C(N)C1CCOC1. The van der Waals surface area contributed by atoms with Gasteiger partial charge in [-0.1, -0.05) is 0 Å². The quantitative estimate of drug-likeness (QED) is 0.699. The van der Waals surface area contributed by atoms with Gasteiger partial charge in [0.2, 0.25) is 0 Å². The number of ether oxygens (including phenoxy) is 3. The average molecular weight is 269 g/mol. The van der Waals surface area contributed by atoms with Crippen molar-refractivity contribution in [2.24, 2.45) is 11.7 Å². The fraction of sp³-hybridized carbons (Fsp3) is 0.769. The van der Waals surface area contributed by atoms with E-state index >= 15 is 0 Å². The Labute approximate surface area is 113 Å². The molecule has 0 radical (unpaired) electrons. The summed E-state index contributed by atoms with van der Waals surface area (Å²) in [5, 5.41) is 0. The van der Waals surface area contributed by atoms with Gasteiger partial charge < -0.3 is 24.5 Å². The normalized spacial score (nSPS) is 20.8. The van der Waals surface area contributed by atoms with E-state index in [1.807, 2.05) is 12.5 Å². The Morgan fingerprint density at radius 3 is 3.16 bits per heavy atom. The van der Waals surface area contributed by atoms with Crippen molar-refractivity contribution in [2.45, 2.75) is 19.0 Å². The van der Waals surface area contributed by atoms with Gasteiger partial charge in [-0.05, 0) is 6.42 Å². The molecule has 0 aliphatic carbocycles. The van der Waals surface area contributed by atoms with Gasteiger partial charge in [0.25, 0.3) is 0 Å². The van der Waals surface area contributed by atoms with E-state index in [0.717, 1.165) is 31.9 Å².